The van der Waals surface area contributed by atoms with Crippen LogP contribution in [0.25, 0.3) is 165 Å². The first kappa shape index (κ1) is 27.9. The topological polar surface area (TPSA) is 26.3 Å². The Labute approximate surface area is 510 Å². The molecule has 0 aliphatic carbocycles. The van der Waals surface area contributed by atoms with E-state index < -0.39 is 168 Å². The maximum absolute atomic E-state index is 9.25. The molecule has 2 heteroatoms. The highest BCUT2D eigenvalue weighted by Crippen LogP contribution is 2.48. The van der Waals surface area contributed by atoms with E-state index in [4.69, 9.17) is 36.2 Å². The Morgan fingerprint density at radius 3 is 1.05 bits per heavy atom. The summed E-state index contributed by atoms with van der Waals surface area (Å²) in [5.41, 5.74) is 5.08. The lowest BCUT2D eigenvalue weighted by molar-refractivity contribution is 0.669. The summed E-state index contributed by atoms with van der Waals surface area (Å²) in [6.07, 6.45) is 0. The van der Waals surface area contributed by atoms with Gasteiger partial charge in [-0.25, -0.2) is 0 Å². The van der Waals surface area contributed by atoms with E-state index in [-0.39, 0.29) is 65.3 Å². The van der Waals surface area contributed by atoms with E-state index in [1.54, 1.807) is 36.4 Å². The van der Waals surface area contributed by atoms with Crippen molar-refractivity contribution in [2.75, 3.05) is 0 Å². The van der Waals surface area contributed by atoms with Gasteiger partial charge in [0.2, 0.25) is 0 Å². The molecule has 0 N–H and O–H groups in total. The largest absolute Gasteiger partial charge is 0.455 e. The summed E-state index contributed by atoms with van der Waals surface area (Å²) in [6, 6.07) is 28.7. The fraction of sp³-hybridized carbons (Fsp3) is 0. The van der Waals surface area contributed by atoms with Gasteiger partial charge in [-0.1, -0.05) is 278 Å². The zero-order chi connectivity index (χ0) is 76.7. The van der Waals surface area contributed by atoms with Gasteiger partial charge < -0.3 is 8.83 Å². The molecule has 0 radical (unpaired) electrons. The van der Waals surface area contributed by atoms with E-state index >= 15 is 0 Å². The van der Waals surface area contributed by atoms with Crippen molar-refractivity contribution in [3.8, 4) is 66.8 Å². The van der Waals surface area contributed by atoms with Gasteiger partial charge in [-0.3, -0.25) is 0 Å². The normalized spacial score (nSPS) is 16.1. The van der Waals surface area contributed by atoms with Crippen molar-refractivity contribution in [2.24, 2.45) is 0 Å². The standard InChI is InChI=1S/C42H26O.C38H24O/c1-2-13-28(14-3-1)40-32-17-6-8-19-34(32)41(35-20-9-7-18-33(35)40)29-24-25-39-38(26-29)37-23-11-22-36(42(37)43-39)31-21-10-15-27-12-4-5-16-30(27)31;1-3-12-25(13-4-1)28-20-11-21-33-34-24-27(22-23-35(34)39-38(28)33)37-31-18-9-7-16-29(31)36(26-14-5-2-6-15-26)30-17-8-10-19-32(30)37/h1-26H;1-24H/i1D,2D,3D,6D,7D,8D,9D,13D,14D,17D,18D,19D,20D;2D,5D,6D,7D,8D,9D,10D,14D,15D,16D,17D,18D,19D. The fourth-order valence-corrected chi connectivity index (χ4v) is 11.5. The number of para-hydroxylation sites is 2. The number of furan rings is 2. The molecule has 0 unspecified atom stereocenters. The van der Waals surface area contributed by atoms with Crippen LogP contribution in [0.3, 0.4) is 0 Å². The Morgan fingerprint density at radius 1 is 0.220 bits per heavy atom. The van der Waals surface area contributed by atoms with Crippen LogP contribution in [-0.4, -0.2) is 0 Å². The van der Waals surface area contributed by atoms with Crippen molar-refractivity contribution in [2.45, 2.75) is 0 Å². The fourth-order valence-electron chi connectivity index (χ4n) is 11.5. The number of fused-ring (bicyclic) bond motifs is 11. The number of hydrogen-bond acceptors (Lipinski definition) is 2. The van der Waals surface area contributed by atoms with E-state index in [0.717, 1.165) is 43.8 Å². The molecule has 0 aliphatic heterocycles. The molecule has 0 aliphatic rings. The summed E-state index contributed by atoms with van der Waals surface area (Å²) in [6.45, 7) is 0. The van der Waals surface area contributed by atoms with Crippen molar-refractivity contribution in [3.63, 3.8) is 0 Å². The van der Waals surface area contributed by atoms with Gasteiger partial charge in [-0.2, -0.15) is 0 Å². The molecule has 0 fully saturated rings. The molecular weight excluding hydrogens is 993 g/mol. The number of rotatable bonds is 6. The second-order valence-electron chi connectivity index (χ2n) is 19.4. The summed E-state index contributed by atoms with van der Waals surface area (Å²) < 4.78 is 241. The summed E-state index contributed by atoms with van der Waals surface area (Å²) >= 11 is 0. The molecule has 82 heavy (non-hydrogen) atoms. The van der Waals surface area contributed by atoms with Crippen LogP contribution in [-0.2, 0) is 0 Å². The third kappa shape index (κ3) is 7.72. The van der Waals surface area contributed by atoms with Crippen molar-refractivity contribution in [3.05, 3.63) is 303 Å². The maximum Gasteiger partial charge on any atom is 0.143 e. The number of hydrogen-bond donors (Lipinski definition) is 0. The van der Waals surface area contributed by atoms with Crippen LogP contribution >= 0.6 is 0 Å². The summed E-state index contributed by atoms with van der Waals surface area (Å²) in [4.78, 5) is 0. The molecule has 15 aromatic carbocycles. The average molecular weight is 1070 g/mol. The monoisotopic (exact) mass is 1070 g/mol. The Balaban J connectivity index is 0.000000165. The predicted molar refractivity (Wildman–Crippen MR) is 348 cm³/mol. The highest BCUT2D eigenvalue weighted by atomic mass is 16.3. The zero-order valence-corrected chi connectivity index (χ0v) is 42.7. The van der Waals surface area contributed by atoms with Crippen molar-refractivity contribution >= 4 is 97.7 Å². The molecule has 382 valence electrons. The van der Waals surface area contributed by atoms with E-state index in [1.807, 2.05) is 109 Å². The van der Waals surface area contributed by atoms with Gasteiger partial charge in [0.25, 0.3) is 0 Å². The van der Waals surface area contributed by atoms with E-state index in [0.29, 0.717) is 44.2 Å². The molecular formula is C80H50O2. The van der Waals surface area contributed by atoms with E-state index in [9.17, 15) is 8.22 Å². The Hall–Kier alpha value is -10.8. The second kappa shape index (κ2) is 19.5. The van der Waals surface area contributed by atoms with Crippen LogP contribution in [0.1, 0.15) is 35.6 Å². The van der Waals surface area contributed by atoms with Crippen molar-refractivity contribution in [1.29, 1.82) is 0 Å². The van der Waals surface area contributed by atoms with Gasteiger partial charge in [-0.15, -0.1) is 0 Å². The first-order chi connectivity index (χ1) is 51.5. The third-order valence-corrected chi connectivity index (χ3v) is 15.0. The Morgan fingerprint density at radius 2 is 0.573 bits per heavy atom. The molecule has 17 aromatic rings. The van der Waals surface area contributed by atoms with Gasteiger partial charge in [0.05, 0.1) is 35.6 Å². The zero-order valence-electron chi connectivity index (χ0n) is 68.7. The lowest BCUT2D eigenvalue weighted by atomic mass is 9.86. The van der Waals surface area contributed by atoms with Crippen LogP contribution in [0.15, 0.2) is 312 Å². The molecule has 0 atom stereocenters. The molecule has 2 heterocycles. The Kier molecular flexibility index (Phi) is 6.64. The minimum atomic E-state index is -0.715. The predicted octanol–water partition coefficient (Wildman–Crippen LogP) is 22.9. The average Bonchev–Trinajstić information content (AvgIpc) is 0.798. The summed E-state index contributed by atoms with van der Waals surface area (Å²) in [7, 11) is 0. The number of benzene rings is 15. The maximum atomic E-state index is 9.25. The third-order valence-electron chi connectivity index (χ3n) is 15.0. The minimum absolute atomic E-state index is 0.0616. The first-order valence-electron chi connectivity index (χ1n) is 39.0. The molecule has 0 saturated heterocycles. The highest BCUT2D eigenvalue weighted by Gasteiger charge is 2.21. The van der Waals surface area contributed by atoms with Gasteiger partial charge in [-0.05, 0) is 134 Å². The van der Waals surface area contributed by atoms with Crippen molar-refractivity contribution in [1.82, 2.24) is 0 Å². The Bertz CT molecular complexity index is 6720. The van der Waals surface area contributed by atoms with Crippen LogP contribution in [0.2, 0.25) is 0 Å². The van der Waals surface area contributed by atoms with Crippen LogP contribution in [0.4, 0.5) is 0 Å². The lowest BCUT2D eigenvalue weighted by Gasteiger charge is -2.17. The molecule has 0 saturated carbocycles. The highest BCUT2D eigenvalue weighted by molar-refractivity contribution is 6.24. The van der Waals surface area contributed by atoms with Gasteiger partial charge in [0, 0.05) is 32.7 Å². The first-order valence-corrected chi connectivity index (χ1v) is 26.0. The van der Waals surface area contributed by atoms with E-state index in [1.165, 1.54) is 0 Å². The smallest absolute Gasteiger partial charge is 0.143 e. The quantitative estimate of drug-likeness (QED) is 0.155. The molecule has 2 aromatic heterocycles. The molecule has 0 bridgehead atoms. The van der Waals surface area contributed by atoms with Crippen LogP contribution in [0, 0.1) is 0 Å². The van der Waals surface area contributed by atoms with Gasteiger partial charge >= 0.3 is 0 Å². The SMILES string of the molecule is [2H]c1c([2H])c([2H])c(-c2c3c([2H])c([2H])c([2H])c([2H])c3c(-c3ccc4oc5c(-c6cccc7ccccc67)cccc5c4c3)c3c([2H])c([2H])c([2H])c([2H])c23)c([2H])c1[2H].[2H]c1c([2H])c([2H])c(-c2c3c([2H])c([2H])c([2H])c([2H])c3c(-c3ccc4oc5c(-c6ccccc6)cccc5c4c3)c3c([2H])c([2H])c([2H])c([2H])c23)c([2H])c1[2H]. The van der Waals surface area contributed by atoms with Gasteiger partial charge in [0.15, 0.2) is 0 Å². The minimum Gasteiger partial charge on any atom is -0.455 e. The van der Waals surface area contributed by atoms with Crippen LogP contribution in [0.5, 0.6) is 0 Å². The molecule has 2 nitrogen and oxygen atoms in total. The van der Waals surface area contributed by atoms with Gasteiger partial charge in [0.1, 0.15) is 22.3 Å². The second-order valence-corrected chi connectivity index (χ2v) is 19.4. The molecule has 17 rings (SSSR count). The molecule has 0 amide bonds. The summed E-state index contributed by atoms with van der Waals surface area (Å²) in [5.74, 6) is 0. The summed E-state index contributed by atoms with van der Waals surface area (Å²) in [5, 5.41) is 3.29. The van der Waals surface area contributed by atoms with Crippen LogP contribution < -0.4 is 0 Å². The lowest BCUT2D eigenvalue weighted by Crippen LogP contribution is -1.90. The molecule has 0 spiro atoms. The van der Waals surface area contributed by atoms with E-state index in [2.05, 4.69) is 0 Å². The van der Waals surface area contributed by atoms with Crippen molar-refractivity contribution < 1.29 is 44.5 Å².